The van der Waals surface area contributed by atoms with Gasteiger partial charge >= 0.3 is 0 Å². The molecule has 4 heteroatoms. The molecule has 2 aromatic rings. The number of anilines is 1. The van der Waals surface area contributed by atoms with Crippen LogP contribution in [0.2, 0.25) is 0 Å². The Labute approximate surface area is 120 Å². The number of unbranched alkanes of at least 4 members (excludes halogenated alkanes) is 1. The number of benzene rings is 1. The summed E-state index contributed by atoms with van der Waals surface area (Å²) >= 11 is 0. The Hall–Kier alpha value is -1.81. The van der Waals surface area contributed by atoms with Crippen LogP contribution in [0.4, 0.5) is 5.82 Å². The first-order valence-corrected chi connectivity index (χ1v) is 7.17. The van der Waals surface area contributed by atoms with Crippen molar-refractivity contribution in [2.24, 2.45) is 5.73 Å². The molecule has 0 aliphatic rings. The quantitative estimate of drug-likeness (QED) is 0.813. The molecule has 0 fully saturated rings. The minimum atomic E-state index is 0.273. The Balaban J connectivity index is 2.25. The van der Waals surface area contributed by atoms with Gasteiger partial charge in [0.1, 0.15) is 11.6 Å². The maximum atomic E-state index is 5.84. The van der Waals surface area contributed by atoms with Crippen LogP contribution >= 0.6 is 0 Å². The van der Waals surface area contributed by atoms with Crippen molar-refractivity contribution in [3.05, 3.63) is 30.5 Å². The summed E-state index contributed by atoms with van der Waals surface area (Å²) in [5.74, 6) is 1.76. The Kier molecular flexibility index (Phi) is 5.18. The van der Waals surface area contributed by atoms with Crippen molar-refractivity contribution >= 4 is 16.6 Å². The molecule has 1 atom stereocenters. The second-order valence-corrected chi connectivity index (χ2v) is 4.97. The van der Waals surface area contributed by atoms with E-state index >= 15 is 0 Å². The van der Waals surface area contributed by atoms with Gasteiger partial charge in [0.25, 0.3) is 0 Å². The lowest BCUT2D eigenvalue weighted by atomic mass is 10.1. The van der Waals surface area contributed by atoms with E-state index in [2.05, 4.69) is 17.2 Å². The molecule has 108 valence electrons. The van der Waals surface area contributed by atoms with Crippen molar-refractivity contribution in [2.75, 3.05) is 19.0 Å². The summed E-state index contributed by atoms with van der Waals surface area (Å²) in [5, 5.41) is 5.69. The van der Waals surface area contributed by atoms with E-state index in [0.717, 1.165) is 28.8 Å². The van der Waals surface area contributed by atoms with E-state index in [-0.39, 0.29) is 6.04 Å². The Morgan fingerprint density at radius 1 is 1.35 bits per heavy atom. The maximum absolute atomic E-state index is 5.84. The fourth-order valence-electron chi connectivity index (χ4n) is 2.29. The summed E-state index contributed by atoms with van der Waals surface area (Å²) < 4.78 is 5.26. The first-order valence-electron chi connectivity index (χ1n) is 7.17. The van der Waals surface area contributed by atoms with Crippen molar-refractivity contribution in [1.82, 2.24) is 4.98 Å². The molecular weight excluding hydrogens is 250 g/mol. The summed E-state index contributed by atoms with van der Waals surface area (Å²) in [4.78, 5) is 4.45. The molecule has 2 rings (SSSR count). The molecule has 1 aromatic heterocycles. The Morgan fingerprint density at radius 2 is 2.20 bits per heavy atom. The second kappa shape index (κ2) is 7.10. The van der Waals surface area contributed by atoms with Gasteiger partial charge in [-0.05, 0) is 36.1 Å². The summed E-state index contributed by atoms with van der Waals surface area (Å²) in [7, 11) is 1.68. The zero-order valence-corrected chi connectivity index (χ0v) is 12.2. The van der Waals surface area contributed by atoms with Crippen molar-refractivity contribution in [3.8, 4) is 5.75 Å². The van der Waals surface area contributed by atoms with Crippen LogP contribution in [0.3, 0.4) is 0 Å². The van der Waals surface area contributed by atoms with Gasteiger partial charge in [0.2, 0.25) is 0 Å². The number of nitrogens with zero attached hydrogens (tertiary/aromatic N) is 1. The number of ether oxygens (including phenoxy) is 1. The molecule has 0 saturated heterocycles. The van der Waals surface area contributed by atoms with Crippen molar-refractivity contribution in [1.29, 1.82) is 0 Å². The van der Waals surface area contributed by atoms with Crippen LogP contribution in [-0.4, -0.2) is 24.7 Å². The molecule has 3 N–H and O–H groups in total. The highest BCUT2D eigenvalue weighted by molar-refractivity contribution is 5.92. The topological polar surface area (TPSA) is 60.2 Å². The lowest BCUT2D eigenvalue weighted by Gasteiger charge is -2.18. The average molecular weight is 273 g/mol. The number of hydrogen-bond acceptors (Lipinski definition) is 4. The Morgan fingerprint density at radius 3 is 2.90 bits per heavy atom. The average Bonchev–Trinajstić information content (AvgIpc) is 2.50. The number of fused-ring (bicyclic) bond motifs is 1. The largest absolute Gasteiger partial charge is 0.497 e. The van der Waals surface area contributed by atoms with Crippen LogP contribution < -0.4 is 15.8 Å². The standard InChI is InChI=1S/C16H23N3O/c1-3-4-5-13(11-17)19-16-15-7-6-14(20-2)10-12(15)8-9-18-16/h6-10,13H,3-5,11,17H2,1-2H3,(H,18,19). The predicted molar refractivity (Wildman–Crippen MR) is 84.3 cm³/mol. The SMILES string of the molecule is CCCCC(CN)Nc1nccc2cc(OC)ccc12. The number of hydrogen-bond donors (Lipinski definition) is 2. The molecule has 0 aliphatic carbocycles. The third-order valence-electron chi connectivity index (χ3n) is 3.50. The van der Waals surface area contributed by atoms with E-state index in [1.807, 2.05) is 30.5 Å². The molecule has 0 bridgehead atoms. The molecule has 1 heterocycles. The van der Waals surface area contributed by atoms with Crippen LogP contribution in [0.1, 0.15) is 26.2 Å². The molecule has 0 radical (unpaired) electrons. The molecular formula is C16H23N3O. The minimum Gasteiger partial charge on any atom is -0.497 e. The van der Waals surface area contributed by atoms with E-state index in [4.69, 9.17) is 10.5 Å². The summed E-state index contributed by atoms with van der Waals surface area (Å²) in [6.45, 7) is 2.81. The van der Waals surface area contributed by atoms with Crippen LogP contribution in [0.25, 0.3) is 10.8 Å². The van der Waals surface area contributed by atoms with Crippen molar-refractivity contribution in [2.45, 2.75) is 32.2 Å². The van der Waals surface area contributed by atoms with Gasteiger partial charge < -0.3 is 15.8 Å². The summed E-state index contributed by atoms with van der Waals surface area (Å²) in [5.41, 5.74) is 5.84. The fraction of sp³-hybridized carbons (Fsp3) is 0.438. The first kappa shape index (κ1) is 14.6. The monoisotopic (exact) mass is 273 g/mol. The van der Waals surface area contributed by atoms with E-state index in [1.165, 1.54) is 12.8 Å². The first-order chi connectivity index (χ1) is 9.78. The molecule has 0 spiro atoms. The molecule has 1 aromatic carbocycles. The number of methoxy groups -OCH3 is 1. The number of pyridine rings is 1. The maximum Gasteiger partial charge on any atom is 0.134 e. The van der Waals surface area contributed by atoms with Gasteiger partial charge in [-0.1, -0.05) is 19.8 Å². The van der Waals surface area contributed by atoms with Crippen molar-refractivity contribution < 1.29 is 4.74 Å². The predicted octanol–water partition coefficient (Wildman–Crippen LogP) is 3.17. The van der Waals surface area contributed by atoms with Gasteiger partial charge in [-0.15, -0.1) is 0 Å². The number of rotatable bonds is 7. The van der Waals surface area contributed by atoms with Crippen LogP contribution in [-0.2, 0) is 0 Å². The molecule has 20 heavy (non-hydrogen) atoms. The molecule has 0 aliphatic heterocycles. The van der Waals surface area contributed by atoms with Crippen LogP contribution in [0.15, 0.2) is 30.5 Å². The van der Waals surface area contributed by atoms with Crippen LogP contribution in [0.5, 0.6) is 5.75 Å². The Bertz CT molecular complexity index is 556. The fourth-order valence-corrected chi connectivity index (χ4v) is 2.29. The minimum absolute atomic E-state index is 0.273. The summed E-state index contributed by atoms with van der Waals surface area (Å²) in [6.07, 6.45) is 5.24. The molecule has 0 amide bonds. The third-order valence-corrected chi connectivity index (χ3v) is 3.50. The zero-order valence-electron chi connectivity index (χ0n) is 12.2. The van der Waals surface area contributed by atoms with E-state index in [0.29, 0.717) is 6.54 Å². The van der Waals surface area contributed by atoms with Gasteiger partial charge in [0.15, 0.2) is 0 Å². The number of nitrogens with two attached hydrogens (primary N) is 1. The zero-order chi connectivity index (χ0) is 14.4. The van der Waals surface area contributed by atoms with Gasteiger partial charge in [-0.2, -0.15) is 0 Å². The smallest absolute Gasteiger partial charge is 0.134 e. The highest BCUT2D eigenvalue weighted by Gasteiger charge is 2.09. The van der Waals surface area contributed by atoms with E-state index in [1.54, 1.807) is 7.11 Å². The lowest BCUT2D eigenvalue weighted by Crippen LogP contribution is -2.29. The van der Waals surface area contributed by atoms with Crippen LogP contribution in [0, 0.1) is 0 Å². The third kappa shape index (κ3) is 3.39. The van der Waals surface area contributed by atoms with Gasteiger partial charge in [-0.3, -0.25) is 0 Å². The summed E-state index contributed by atoms with van der Waals surface area (Å²) in [6, 6.07) is 8.28. The van der Waals surface area contributed by atoms with E-state index < -0.39 is 0 Å². The lowest BCUT2D eigenvalue weighted by molar-refractivity contribution is 0.415. The number of nitrogens with one attached hydrogen (secondary N) is 1. The molecule has 1 unspecified atom stereocenters. The second-order valence-electron chi connectivity index (χ2n) is 4.97. The molecule has 4 nitrogen and oxygen atoms in total. The highest BCUT2D eigenvalue weighted by atomic mass is 16.5. The normalized spacial score (nSPS) is 12.3. The molecule has 0 saturated carbocycles. The highest BCUT2D eigenvalue weighted by Crippen LogP contribution is 2.26. The number of aromatic nitrogens is 1. The van der Waals surface area contributed by atoms with Gasteiger partial charge in [-0.25, -0.2) is 4.98 Å². The van der Waals surface area contributed by atoms with Gasteiger partial charge in [0, 0.05) is 24.2 Å². The van der Waals surface area contributed by atoms with E-state index in [9.17, 15) is 0 Å². The van der Waals surface area contributed by atoms with Gasteiger partial charge in [0.05, 0.1) is 7.11 Å². The van der Waals surface area contributed by atoms with Crippen molar-refractivity contribution in [3.63, 3.8) is 0 Å².